The van der Waals surface area contributed by atoms with Gasteiger partial charge in [-0.25, -0.2) is 0 Å². The van der Waals surface area contributed by atoms with E-state index in [4.69, 9.17) is 9.15 Å². The van der Waals surface area contributed by atoms with Crippen LogP contribution < -0.4 is 5.32 Å². The van der Waals surface area contributed by atoms with Gasteiger partial charge in [0.15, 0.2) is 0 Å². The second-order valence-corrected chi connectivity index (χ2v) is 6.47. The lowest BCUT2D eigenvalue weighted by Crippen LogP contribution is -2.51. The van der Waals surface area contributed by atoms with Crippen LogP contribution in [-0.4, -0.2) is 41.6 Å². The number of hydrogen-bond donors (Lipinski definition) is 1. The summed E-state index contributed by atoms with van der Waals surface area (Å²) < 4.78 is 11.3. The highest BCUT2D eigenvalue weighted by molar-refractivity contribution is 5.92. The Balaban J connectivity index is 1.48. The number of likely N-dealkylation sites (tertiary alicyclic amines) is 1. The molecule has 6 nitrogen and oxygen atoms in total. The van der Waals surface area contributed by atoms with Crippen molar-refractivity contribution in [1.29, 1.82) is 0 Å². The van der Waals surface area contributed by atoms with Gasteiger partial charge in [-0.15, -0.1) is 0 Å². The largest absolute Gasteiger partial charge is 0.468 e. The SMILES string of the molecule is O=C(Nc1cccnc1)[C@H]1CN(Cc2ccco2)C[C@H]2OCC[C@@H]12. The van der Waals surface area contributed by atoms with Crippen LogP contribution >= 0.6 is 0 Å². The molecule has 0 spiro atoms. The number of fused-ring (bicyclic) bond motifs is 1. The summed E-state index contributed by atoms with van der Waals surface area (Å²) in [5.41, 5.74) is 0.737. The zero-order valence-electron chi connectivity index (χ0n) is 13.4. The molecular weight excluding hydrogens is 306 g/mol. The minimum absolute atomic E-state index is 0.0487. The minimum atomic E-state index is -0.0820. The smallest absolute Gasteiger partial charge is 0.229 e. The van der Waals surface area contributed by atoms with Crippen LogP contribution in [0.4, 0.5) is 5.69 Å². The molecule has 2 fully saturated rings. The van der Waals surface area contributed by atoms with Gasteiger partial charge in [-0.1, -0.05) is 0 Å². The quantitative estimate of drug-likeness (QED) is 0.932. The molecule has 2 aromatic rings. The molecule has 0 saturated carbocycles. The van der Waals surface area contributed by atoms with Gasteiger partial charge in [0.05, 0.1) is 36.7 Å². The zero-order chi connectivity index (χ0) is 16.4. The van der Waals surface area contributed by atoms with Gasteiger partial charge in [0.1, 0.15) is 5.76 Å². The highest BCUT2D eigenvalue weighted by Gasteiger charge is 2.44. The molecule has 0 bridgehead atoms. The first-order valence-corrected chi connectivity index (χ1v) is 8.37. The van der Waals surface area contributed by atoms with Crippen molar-refractivity contribution in [1.82, 2.24) is 9.88 Å². The third-order valence-corrected chi connectivity index (χ3v) is 4.90. The van der Waals surface area contributed by atoms with Crippen molar-refractivity contribution >= 4 is 11.6 Å². The number of nitrogens with one attached hydrogen (secondary N) is 1. The fourth-order valence-electron chi connectivity index (χ4n) is 3.76. The van der Waals surface area contributed by atoms with E-state index in [1.807, 2.05) is 24.3 Å². The number of pyridine rings is 1. The molecule has 4 heterocycles. The number of aromatic nitrogens is 1. The molecule has 4 rings (SSSR count). The Labute approximate surface area is 140 Å². The Kier molecular flexibility index (Phi) is 4.32. The van der Waals surface area contributed by atoms with Crippen LogP contribution in [0.15, 0.2) is 47.3 Å². The Morgan fingerprint density at radius 1 is 1.33 bits per heavy atom. The number of rotatable bonds is 4. The van der Waals surface area contributed by atoms with Crippen LogP contribution in [0.25, 0.3) is 0 Å². The first kappa shape index (κ1) is 15.4. The molecule has 24 heavy (non-hydrogen) atoms. The monoisotopic (exact) mass is 327 g/mol. The van der Waals surface area contributed by atoms with Gasteiger partial charge in [-0.3, -0.25) is 14.7 Å². The number of ether oxygens (including phenoxy) is 1. The van der Waals surface area contributed by atoms with Gasteiger partial charge < -0.3 is 14.5 Å². The number of hydrogen-bond acceptors (Lipinski definition) is 5. The van der Waals surface area contributed by atoms with Crippen molar-refractivity contribution in [3.63, 3.8) is 0 Å². The van der Waals surface area contributed by atoms with Crippen LogP contribution in [0.2, 0.25) is 0 Å². The number of amides is 1. The summed E-state index contributed by atoms with van der Waals surface area (Å²) in [6, 6.07) is 7.53. The number of carbonyl (C=O) groups is 1. The van der Waals surface area contributed by atoms with Crippen molar-refractivity contribution < 1.29 is 13.9 Å². The van der Waals surface area contributed by atoms with E-state index in [1.165, 1.54) is 0 Å². The first-order chi connectivity index (χ1) is 11.8. The number of nitrogens with zero attached hydrogens (tertiary/aromatic N) is 2. The van der Waals surface area contributed by atoms with Crippen LogP contribution in [0, 0.1) is 11.8 Å². The highest BCUT2D eigenvalue weighted by Crippen LogP contribution is 2.35. The molecule has 6 heteroatoms. The molecule has 0 aliphatic carbocycles. The summed E-state index contributed by atoms with van der Waals surface area (Å²) in [7, 11) is 0. The van der Waals surface area contributed by atoms with Crippen molar-refractivity contribution in [2.75, 3.05) is 25.0 Å². The summed E-state index contributed by atoms with van der Waals surface area (Å²) >= 11 is 0. The van der Waals surface area contributed by atoms with Crippen LogP contribution in [0.3, 0.4) is 0 Å². The molecule has 0 radical (unpaired) electrons. The molecule has 2 aliphatic rings. The Hall–Kier alpha value is -2.18. The maximum absolute atomic E-state index is 12.8. The molecule has 2 aromatic heterocycles. The molecule has 0 aromatic carbocycles. The fourth-order valence-corrected chi connectivity index (χ4v) is 3.76. The number of piperidine rings is 1. The molecule has 1 N–H and O–H groups in total. The molecule has 1 amide bonds. The van der Waals surface area contributed by atoms with Crippen molar-refractivity contribution in [2.45, 2.75) is 19.1 Å². The number of carbonyl (C=O) groups excluding carboxylic acids is 1. The lowest BCUT2D eigenvalue weighted by Gasteiger charge is -2.38. The van der Waals surface area contributed by atoms with E-state index in [1.54, 1.807) is 18.7 Å². The Morgan fingerprint density at radius 3 is 3.08 bits per heavy atom. The standard InChI is InChI=1S/C18H21N3O3/c22-18(20-13-3-1-6-19-9-13)16-11-21(10-14-4-2-7-23-14)12-17-15(16)5-8-24-17/h1-4,6-7,9,15-17H,5,8,10-12H2,(H,20,22)/t15-,16-,17+/m0/s1. The minimum Gasteiger partial charge on any atom is -0.468 e. The Morgan fingerprint density at radius 2 is 2.29 bits per heavy atom. The van der Waals surface area contributed by atoms with Crippen LogP contribution in [0.1, 0.15) is 12.2 Å². The second-order valence-electron chi connectivity index (χ2n) is 6.47. The van der Waals surface area contributed by atoms with E-state index in [2.05, 4.69) is 15.2 Å². The van der Waals surface area contributed by atoms with Gasteiger partial charge in [0.25, 0.3) is 0 Å². The number of furan rings is 1. The van der Waals surface area contributed by atoms with Crippen LogP contribution in [0.5, 0.6) is 0 Å². The van der Waals surface area contributed by atoms with Crippen molar-refractivity contribution in [2.24, 2.45) is 11.8 Å². The van der Waals surface area contributed by atoms with E-state index in [0.29, 0.717) is 6.54 Å². The maximum atomic E-state index is 12.8. The van der Waals surface area contributed by atoms with Gasteiger partial charge in [0, 0.05) is 31.8 Å². The number of anilines is 1. The summed E-state index contributed by atoms with van der Waals surface area (Å²) in [4.78, 5) is 19.1. The molecule has 2 saturated heterocycles. The van der Waals surface area contributed by atoms with Gasteiger partial charge in [0.2, 0.25) is 5.91 Å². The maximum Gasteiger partial charge on any atom is 0.229 e. The average Bonchev–Trinajstić information content (AvgIpc) is 3.26. The topological polar surface area (TPSA) is 67.6 Å². The average molecular weight is 327 g/mol. The lowest BCUT2D eigenvalue weighted by atomic mass is 9.82. The summed E-state index contributed by atoms with van der Waals surface area (Å²) in [5, 5.41) is 3.00. The third-order valence-electron chi connectivity index (χ3n) is 4.90. The predicted octanol–water partition coefficient (Wildman–Crippen LogP) is 2.15. The molecule has 2 aliphatic heterocycles. The lowest BCUT2D eigenvalue weighted by molar-refractivity contribution is -0.126. The molecular formula is C18H21N3O3. The third kappa shape index (κ3) is 3.20. The predicted molar refractivity (Wildman–Crippen MR) is 88.2 cm³/mol. The van der Waals surface area contributed by atoms with Crippen LogP contribution in [-0.2, 0) is 16.1 Å². The molecule has 3 atom stereocenters. The molecule has 126 valence electrons. The first-order valence-electron chi connectivity index (χ1n) is 8.37. The summed E-state index contributed by atoms with van der Waals surface area (Å²) in [6.45, 7) is 3.01. The summed E-state index contributed by atoms with van der Waals surface area (Å²) in [6.07, 6.45) is 6.12. The molecule has 0 unspecified atom stereocenters. The Bertz CT molecular complexity index is 674. The van der Waals surface area contributed by atoms with E-state index in [9.17, 15) is 4.79 Å². The van der Waals surface area contributed by atoms with Gasteiger partial charge in [-0.2, -0.15) is 0 Å². The van der Waals surface area contributed by atoms with E-state index < -0.39 is 0 Å². The van der Waals surface area contributed by atoms with E-state index in [-0.39, 0.29) is 23.8 Å². The second kappa shape index (κ2) is 6.75. The van der Waals surface area contributed by atoms with E-state index in [0.717, 1.165) is 37.6 Å². The zero-order valence-corrected chi connectivity index (χ0v) is 13.4. The highest BCUT2D eigenvalue weighted by atomic mass is 16.5. The van der Waals surface area contributed by atoms with Gasteiger partial charge >= 0.3 is 0 Å². The summed E-state index contributed by atoms with van der Waals surface area (Å²) in [5.74, 6) is 1.17. The van der Waals surface area contributed by atoms with E-state index >= 15 is 0 Å². The van der Waals surface area contributed by atoms with Gasteiger partial charge in [-0.05, 0) is 30.7 Å². The fraction of sp³-hybridized carbons (Fsp3) is 0.444. The van der Waals surface area contributed by atoms with Crippen molar-refractivity contribution in [3.8, 4) is 0 Å². The normalized spacial score (nSPS) is 26.9. The van der Waals surface area contributed by atoms with Crippen molar-refractivity contribution in [3.05, 3.63) is 48.7 Å².